The fourth-order valence-corrected chi connectivity index (χ4v) is 9.41. The Hall–Kier alpha value is -12.7. The zero-order valence-corrected chi connectivity index (χ0v) is 72.4. The number of H-pyrrole nitrogens is 1. The Morgan fingerprint density at radius 2 is 0.873 bits per heavy atom. The predicted molar refractivity (Wildman–Crippen MR) is 556 cm³/mol. The summed E-state index contributed by atoms with van der Waals surface area (Å²) in [4.78, 5) is 27.7. The lowest BCUT2D eigenvalue weighted by atomic mass is 10.1. The van der Waals surface area contributed by atoms with Crippen molar-refractivity contribution in [2.75, 3.05) is 0 Å². The molecule has 4 N–H and O–H groups in total. The predicted octanol–water partition coefficient (Wildman–Crippen LogP) is 33.8. The number of aromatic nitrogens is 6. The third-order valence-electron chi connectivity index (χ3n) is 14.9. The Labute approximate surface area is 816 Å². The molecule has 0 aliphatic heterocycles. The number of carboxylic acids is 1. The first-order valence-corrected chi connectivity index (χ1v) is 39.2. The summed E-state index contributed by atoms with van der Waals surface area (Å²) in [6, 6.07) is 80.8. The Morgan fingerprint density at radius 3 is 1.21 bits per heavy atom. The molecule has 0 aliphatic rings. The molecule has 0 radical (unpaired) electrons. The number of benzene rings is 12. The van der Waals surface area contributed by atoms with Crippen LogP contribution in [0.3, 0.4) is 0 Å². The van der Waals surface area contributed by atoms with Crippen LogP contribution in [-0.4, -0.2) is 72.6 Å². The van der Waals surface area contributed by atoms with Gasteiger partial charge in [0.05, 0.1) is 22.1 Å². The van der Waals surface area contributed by atoms with Gasteiger partial charge in [-0.3, -0.25) is 9.35 Å². The number of carbonyl (C=O) groups is 2. The second-order valence-electron chi connectivity index (χ2n) is 25.8. The summed E-state index contributed by atoms with van der Waals surface area (Å²) in [5, 5.41) is 40.7. The number of nitrogens with zero attached hydrogens (tertiary/aromatic N) is 6. The number of carbonyl (C=O) groups excluding carboxylic acids is 1. The van der Waals surface area contributed by atoms with Crippen LogP contribution in [0.25, 0.3) is 11.4 Å². The van der Waals surface area contributed by atoms with Crippen molar-refractivity contribution < 1.29 is 73.0 Å². The minimum absolute atomic E-state index is 0. The molecule has 14 rings (SSSR count). The quantitative estimate of drug-likeness (QED) is 0.0686. The van der Waals surface area contributed by atoms with Gasteiger partial charge in [0.1, 0.15) is 35.2 Å². The number of hydrogen-bond donors (Lipinski definition) is 4. The molecule has 0 aliphatic carbocycles. The van der Waals surface area contributed by atoms with Crippen molar-refractivity contribution in [2.24, 2.45) is 0 Å². The summed E-state index contributed by atoms with van der Waals surface area (Å²) in [6.45, 7) is 25.4. The first kappa shape index (κ1) is 147. The van der Waals surface area contributed by atoms with E-state index in [0.29, 0.717) is 34.4 Å². The fourth-order valence-electron chi connectivity index (χ4n) is 8.26. The first-order valence-electron chi connectivity index (χ1n) is 36.2. The maximum absolute atomic E-state index is 12.2. The lowest BCUT2D eigenvalue weighted by molar-refractivity contribution is -0.274. The van der Waals surface area contributed by atoms with E-state index < -0.39 is 34.1 Å². The maximum atomic E-state index is 12.2. The van der Waals surface area contributed by atoms with Crippen molar-refractivity contribution in [2.45, 2.75) is 198 Å². The van der Waals surface area contributed by atoms with Gasteiger partial charge in [0.25, 0.3) is 16.6 Å². The summed E-state index contributed by atoms with van der Waals surface area (Å²) < 4.78 is 122. The highest BCUT2D eigenvalue weighted by Crippen LogP contribution is 2.24. The number of halogens is 10. The van der Waals surface area contributed by atoms with Crippen LogP contribution in [-0.2, 0) is 14.9 Å². The van der Waals surface area contributed by atoms with E-state index >= 15 is 0 Å². The maximum Gasteiger partial charge on any atom is 0.573 e. The minimum atomic E-state index is -4.60. The number of aromatic hydroxyl groups is 1. The summed E-state index contributed by atoms with van der Waals surface area (Å²) in [5.74, 6) is -1.38. The number of aromatic amines is 1. The number of rotatable bonds is 6. The highest BCUT2D eigenvalue weighted by molar-refractivity contribution is 9.10. The molecule has 0 atom stereocenters. The Morgan fingerprint density at radius 1 is 0.463 bits per heavy atom. The summed E-state index contributed by atoms with van der Waals surface area (Å²) in [6.07, 6.45) is 0.461. The number of alkyl halides is 3. The molecule has 12 aromatic carbocycles. The zero-order chi connectivity index (χ0) is 90.5. The summed E-state index contributed by atoms with van der Waals surface area (Å²) in [7, 11) is -4.02. The van der Waals surface area contributed by atoms with E-state index in [1.807, 2.05) is 178 Å². The molecule has 2 aromatic heterocycles. The average molecular weight is 1990 g/mol. The number of phenols is 1. The molecule has 2 heterocycles. The van der Waals surface area contributed by atoms with E-state index in [1.165, 1.54) is 83.2 Å². The van der Waals surface area contributed by atoms with Crippen molar-refractivity contribution in [1.29, 1.82) is 5.26 Å². The Balaban J connectivity index is -0.000000120. The second kappa shape index (κ2) is 81.1. The van der Waals surface area contributed by atoms with Gasteiger partial charge >= 0.3 is 12.3 Å². The molecular formula is C107H145BrCl2F7N7O9S. The van der Waals surface area contributed by atoms with E-state index in [-0.39, 0.29) is 119 Å². The van der Waals surface area contributed by atoms with E-state index in [4.69, 9.17) is 43.2 Å². The standard InChI is InChI=1S/C8H7F3O.C8H8N4.C8H7N.2C8H8O2.C7H7Br.C7H6Cl2.C7H6F2.2C7H7F.C7H8O3S.C7H8O.C5H6N2.13CH4/c1-6-2-4-7(5-3-6)12-8(9,10)11;1-6-2-4-7(5-3-6)8-9-11-12-10-8;1-7-2-4-8(6-9)5-3-7;1-6-2-4-7(5-3-6)8(9)10;1-7-4-2-3-5-8(7)10-6-9;1-6-2-4-7(8)5-3-6;1-5-2-3-6(8)4-7(5)9;1-5-2-3-6(8)7(9)4-5;1-6-2-4-7(8)5-3-6;1-6-3-2-4-7(8)5-6;1-6-2-4-7(5-3-6)11(8,9)10;1-6-2-4-7(8)5-3-6;1-5-2-6-4-7-3-5;;;;;;;;;;;;;/h2-5H,1H3;2-5H,1H3,(H,9,10,11,12);2-5H,1H3;2-5H,1H3,(H,9,10);2-6H,1H3;2-5H,1H3;2*2-4H,1H3;2*2-5H,1H3;2-5H,1H3,(H,8,9,10);2-5,8H,1H3;2-4H,1H3;13*1H4. The number of hydrogen-bond acceptors (Lipinski definition) is 13. The lowest BCUT2D eigenvalue weighted by Crippen LogP contribution is -2.16. The third-order valence-corrected chi connectivity index (χ3v) is 16.9. The lowest BCUT2D eigenvalue weighted by Gasteiger charge is -2.08. The van der Waals surface area contributed by atoms with Crippen LogP contribution < -0.4 is 9.47 Å². The van der Waals surface area contributed by atoms with Crippen LogP contribution in [0.4, 0.5) is 30.7 Å². The van der Waals surface area contributed by atoms with Crippen LogP contribution in [0.1, 0.15) is 185 Å². The van der Waals surface area contributed by atoms with Gasteiger partial charge in [-0.25, -0.2) is 32.3 Å². The van der Waals surface area contributed by atoms with Crippen LogP contribution in [0.2, 0.25) is 10.0 Å². The van der Waals surface area contributed by atoms with Gasteiger partial charge in [-0.15, -0.1) is 23.4 Å². The highest BCUT2D eigenvalue weighted by Gasteiger charge is 2.31. The van der Waals surface area contributed by atoms with Crippen molar-refractivity contribution in [1.82, 2.24) is 30.6 Å². The molecule has 0 spiro atoms. The smallest absolute Gasteiger partial charge is 0.508 e. The summed E-state index contributed by atoms with van der Waals surface area (Å²) >= 11 is 14.7. The van der Waals surface area contributed by atoms with Crippen LogP contribution in [0.15, 0.2) is 307 Å². The normalized spacial score (nSPS) is 8.74. The molecule has 0 saturated carbocycles. The number of nitrogens with one attached hydrogen (secondary N) is 1. The Kier molecular flexibility index (Phi) is 88.9. The highest BCUT2D eigenvalue weighted by atomic mass is 79.9. The van der Waals surface area contributed by atoms with E-state index in [9.17, 15) is 48.7 Å². The van der Waals surface area contributed by atoms with Crippen molar-refractivity contribution in [3.63, 3.8) is 0 Å². The molecule has 0 amide bonds. The molecule has 0 fully saturated rings. The number of phenolic OH excluding ortho intramolecular Hbond substituents is 1. The van der Waals surface area contributed by atoms with Crippen LogP contribution in [0, 0.1) is 125 Å². The SMILES string of the molecule is C.C.C.C.C.C.C.C.C.C.C.C.C.Cc1ccc(-c2nn[nH]n2)cc1.Cc1ccc(Br)cc1.Cc1ccc(C#N)cc1.Cc1ccc(C(=O)O)cc1.Cc1ccc(Cl)cc1Cl.Cc1ccc(F)c(F)c1.Cc1ccc(F)cc1.Cc1ccc(O)cc1.Cc1ccc(OC(F)(F)F)cc1.Cc1ccc(S(=O)(=O)O)cc1.Cc1cccc(F)c1.Cc1ccccc1OC=O.Cc1cncnc1. The van der Waals surface area contributed by atoms with Gasteiger partial charge in [0.2, 0.25) is 5.82 Å². The Bertz CT molecular complexity index is 5200. The minimum Gasteiger partial charge on any atom is -0.508 e. The molecule has 27 heteroatoms. The largest absolute Gasteiger partial charge is 0.573 e. The molecule has 0 bridgehead atoms. The number of nitriles is 1. The molecule has 0 saturated heterocycles. The van der Waals surface area contributed by atoms with Gasteiger partial charge in [-0.2, -0.15) is 18.9 Å². The van der Waals surface area contributed by atoms with Crippen molar-refractivity contribution >= 4 is 61.7 Å². The number of aromatic carboxylic acids is 1. The van der Waals surface area contributed by atoms with Gasteiger partial charge < -0.3 is 19.7 Å². The van der Waals surface area contributed by atoms with Crippen LogP contribution >= 0.6 is 39.1 Å². The number of aryl methyl sites for hydroxylation is 13. The number of carboxylic acid groups (broad SMARTS) is 1. The van der Waals surface area contributed by atoms with Crippen molar-refractivity contribution in [3.05, 3.63) is 419 Å². The van der Waals surface area contributed by atoms with Gasteiger partial charge in [0, 0.05) is 32.5 Å². The molecule has 16 nitrogen and oxygen atoms in total. The molecule has 14 aromatic rings. The van der Waals surface area contributed by atoms with E-state index in [1.54, 1.807) is 117 Å². The van der Waals surface area contributed by atoms with Crippen molar-refractivity contribution in [3.8, 4) is 34.7 Å². The van der Waals surface area contributed by atoms with E-state index in [2.05, 4.69) is 81.1 Å². The average Bonchev–Trinajstić information content (AvgIpc) is 1.14. The number of ether oxygens (including phenoxy) is 2. The summed E-state index contributed by atoms with van der Waals surface area (Å²) in [5.41, 5.74) is 15.8. The monoisotopic (exact) mass is 1990 g/mol. The fraction of sp³-hybridized carbons (Fsp3) is 0.252. The van der Waals surface area contributed by atoms with E-state index in [0.717, 1.165) is 82.8 Å². The van der Waals surface area contributed by atoms with Gasteiger partial charge in [-0.05, 0) is 250 Å². The first-order chi connectivity index (χ1) is 57.1. The third kappa shape index (κ3) is 71.0. The second-order valence-corrected chi connectivity index (χ2v) is 29.0. The molecule has 738 valence electrons. The zero-order valence-electron chi connectivity index (χ0n) is 68.5. The molecule has 134 heavy (non-hydrogen) atoms. The topological polar surface area (TPSA) is 251 Å². The number of tetrazole rings is 1. The van der Waals surface area contributed by atoms with Gasteiger partial charge in [0.15, 0.2) is 11.6 Å². The molecule has 0 unspecified atom stereocenters. The molecular weight excluding hydrogens is 1840 g/mol. The van der Waals surface area contributed by atoms with Gasteiger partial charge in [-0.1, -0.05) is 332 Å². The number of para-hydroxylation sites is 1. The van der Waals surface area contributed by atoms with Crippen LogP contribution in [0.5, 0.6) is 17.2 Å².